The van der Waals surface area contributed by atoms with Crippen LogP contribution in [0, 0.1) is 6.92 Å². The lowest BCUT2D eigenvalue weighted by molar-refractivity contribution is 0.0876. The van der Waals surface area contributed by atoms with Gasteiger partial charge in [0, 0.05) is 31.7 Å². The molecule has 1 aliphatic heterocycles. The number of nitrogens with zero attached hydrogens (tertiary/aromatic N) is 2. The van der Waals surface area contributed by atoms with E-state index in [1.807, 2.05) is 39.0 Å². The minimum Gasteiger partial charge on any atom is -0.491 e. The molecule has 4 nitrogen and oxygen atoms in total. The Bertz CT molecular complexity index is 492. The third-order valence-corrected chi connectivity index (χ3v) is 3.82. The fourth-order valence-corrected chi connectivity index (χ4v) is 2.51. The van der Waals surface area contributed by atoms with Gasteiger partial charge in [-0.1, -0.05) is 0 Å². The zero-order valence-corrected chi connectivity index (χ0v) is 13.6. The number of benzene rings is 1. The topological polar surface area (TPSA) is 32.8 Å². The molecular formula is C17H26N2O2. The van der Waals surface area contributed by atoms with Crippen LogP contribution in [-0.4, -0.2) is 61.5 Å². The quantitative estimate of drug-likeness (QED) is 0.779. The number of hydrogen-bond acceptors (Lipinski definition) is 4. The molecule has 0 N–H and O–H groups in total. The summed E-state index contributed by atoms with van der Waals surface area (Å²) in [6.07, 6.45) is 0.149. The number of ether oxygens (including phenoxy) is 1. The number of aryl methyl sites for hydroxylation is 1. The fraction of sp³-hybridized carbons (Fsp3) is 0.588. The van der Waals surface area contributed by atoms with Crippen LogP contribution in [0.4, 0.5) is 0 Å². The molecule has 1 fully saturated rings. The SMILES string of the molecule is Cc1cc(C(=O)CN2CCN(C)CC2)ccc1OC(C)C. The van der Waals surface area contributed by atoms with E-state index in [1.165, 1.54) is 0 Å². The zero-order chi connectivity index (χ0) is 15.4. The Labute approximate surface area is 127 Å². The van der Waals surface area contributed by atoms with Crippen molar-refractivity contribution >= 4 is 5.78 Å². The van der Waals surface area contributed by atoms with Crippen LogP contribution in [0.25, 0.3) is 0 Å². The molecule has 0 spiro atoms. The highest BCUT2D eigenvalue weighted by molar-refractivity contribution is 5.98. The second kappa shape index (κ2) is 7.05. The standard InChI is InChI=1S/C17H26N2O2/c1-13(2)21-17-6-5-15(11-14(17)3)16(20)12-19-9-7-18(4)8-10-19/h5-6,11,13H,7-10,12H2,1-4H3. The van der Waals surface area contributed by atoms with Crippen LogP contribution >= 0.6 is 0 Å². The van der Waals surface area contributed by atoms with Crippen LogP contribution in [0.1, 0.15) is 29.8 Å². The van der Waals surface area contributed by atoms with E-state index in [-0.39, 0.29) is 11.9 Å². The van der Waals surface area contributed by atoms with E-state index < -0.39 is 0 Å². The Morgan fingerprint density at radius 3 is 2.48 bits per heavy atom. The molecule has 0 aromatic heterocycles. The van der Waals surface area contributed by atoms with Crippen molar-refractivity contribution in [2.45, 2.75) is 26.9 Å². The van der Waals surface area contributed by atoms with Gasteiger partial charge in [-0.2, -0.15) is 0 Å². The summed E-state index contributed by atoms with van der Waals surface area (Å²) < 4.78 is 5.71. The Hall–Kier alpha value is -1.39. The number of carbonyl (C=O) groups is 1. The zero-order valence-electron chi connectivity index (χ0n) is 13.6. The molecule has 0 radical (unpaired) electrons. The second-order valence-corrected chi connectivity index (χ2v) is 6.15. The highest BCUT2D eigenvalue weighted by Crippen LogP contribution is 2.21. The van der Waals surface area contributed by atoms with E-state index in [2.05, 4.69) is 16.8 Å². The molecule has 0 bridgehead atoms. The first-order chi connectivity index (χ1) is 9.95. The highest BCUT2D eigenvalue weighted by atomic mass is 16.5. The van der Waals surface area contributed by atoms with Crippen LogP contribution in [0.3, 0.4) is 0 Å². The van der Waals surface area contributed by atoms with Gasteiger partial charge in [0.1, 0.15) is 5.75 Å². The van der Waals surface area contributed by atoms with Gasteiger partial charge < -0.3 is 9.64 Å². The van der Waals surface area contributed by atoms with Gasteiger partial charge in [0.2, 0.25) is 0 Å². The maximum Gasteiger partial charge on any atom is 0.176 e. The average molecular weight is 290 g/mol. The first-order valence-electron chi connectivity index (χ1n) is 7.67. The Morgan fingerprint density at radius 1 is 1.24 bits per heavy atom. The van der Waals surface area contributed by atoms with E-state index in [0.717, 1.165) is 43.1 Å². The van der Waals surface area contributed by atoms with Crippen molar-refractivity contribution in [3.63, 3.8) is 0 Å². The van der Waals surface area contributed by atoms with Crippen molar-refractivity contribution in [2.75, 3.05) is 39.8 Å². The third kappa shape index (κ3) is 4.55. The molecule has 0 amide bonds. The largest absolute Gasteiger partial charge is 0.491 e. The van der Waals surface area contributed by atoms with Gasteiger partial charge in [-0.15, -0.1) is 0 Å². The monoisotopic (exact) mass is 290 g/mol. The summed E-state index contributed by atoms with van der Waals surface area (Å²) in [7, 11) is 2.12. The highest BCUT2D eigenvalue weighted by Gasteiger charge is 2.18. The van der Waals surface area contributed by atoms with Crippen molar-refractivity contribution in [2.24, 2.45) is 0 Å². The number of ketones is 1. The third-order valence-electron chi connectivity index (χ3n) is 3.82. The number of hydrogen-bond donors (Lipinski definition) is 0. The molecule has 0 aliphatic carbocycles. The van der Waals surface area contributed by atoms with Crippen molar-refractivity contribution in [1.29, 1.82) is 0 Å². The first-order valence-corrected chi connectivity index (χ1v) is 7.67. The van der Waals surface area contributed by atoms with Gasteiger partial charge in [-0.25, -0.2) is 0 Å². The summed E-state index contributed by atoms with van der Waals surface area (Å²) in [4.78, 5) is 16.9. The van der Waals surface area contributed by atoms with Gasteiger partial charge in [-0.3, -0.25) is 9.69 Å². The summed E-state index contributed by atoms with van der Waals surface area (Å²) in [6, 6.07) is 5.73. The second-order valence-electron chi connectivity index (χ2n) is 6.15. The molecule has 0 saturated carbocycles. The van der Waals surface area contributed by atoms with E-state index >= 15 is 0 Å². The fourth-order valence-electron chi connectivity index (χ4n) is 2.51. The Morgan fingerprint density at radius 2 is 1.90 bits per heavy atom. The molecule has 4 heteroatoms. The van der Waals surface area contributed by atoms with Gasteiger partial charge in [0.25, 0.3) is 0 Å². The molecule has 116 valence electrons. The molecule has 1 aromatic carbocycles. The molecule has 0 atom stereocenters. The lowest BCUT2D eigenvalue weighted by Crippen LogP contribution is -2.46. The lowest BCUT2D eigenvalue weighted by Gasteiger charge is -2.31. The molecule has 1 saturated heterocycles. The summed E-state index contributed by atoms with van der Waals surface area (Å²) in [5.41, 5.74) is 1.80. The van der Waals surface area contributed by atoms with Gasteiger partial charge in [0.15, 0.2) is 5.78 Å². The van der Waals surface area contributed by atoms with Crippen molar-refractivity contribution in [1.82, 2.24) is 9.80 Å². The Balaban J connectivity index is 1.98. The van der Waals surface area contributed by atoms with E-state index in [1.54, 1.807) is 0 Å². The predicted molar refractivity (Wildman–Crippen MR) is 85.2 cm³/mol. The van der Waals surface area contributed by atoms with Crippen LogP contribution in [0.2, 0.25) is 0 Å². The van der Waals surface area contributed by atoms with Crippen LogP contribution in [0.5, 0.6) is 5.75 Å². The van der Waals surface area contributed by atoms with Gasteiger partial charge in [-0.05, 0) is 51.6 Å². The smallest absolute Gasteiger partial charge is 0.176 e. The predicted octanol–water partition coefficient (Wildman–Crippen LogP) is 2.21. The molecule has 21 heavy (non-hydrogen) atoms. The molecule has 0 unspecified atom stereocenters. The maximum atomic E-state index is 12.4. The summed E-state index contributed by atoms with van der Waals surface area (Å²) in [6.45, 7) is 10.5. The summed E-state index contributed by atoms with van der Waals surface area (Å²) in [5, 5.41) is 0. The lowest BCUT2D eigenvalue weighted by atomic mass is 10.1. The van der Waals surface area contributed by atoms with Crippen LogP contribution in [0.15, 0.2) is 18.2 Å². The number of Topliss-reactive ketones (excluding diaryl/α,β-unsaturated/α-hetero) is 1. The van der Waals surface area contributed by atoms with Crippen molar-refractivity contribution in [3.8, 4) is 5.75 Å². The average Bonchev–Trinajstić information content (AvgIpc) is 2.43. The number of carbonyl (C=O) groups excluding carboxylic acids is 1. The van der Waals surface area contributed by atoms with Crippen LogP contribution in [-0.2, 0) is 0 Å². The van der Waals surface area contributed by atoms with Crippen LogP contribution < -0.4 is 4.74 Å². The minimum absolute atomic E-state index is 0.149. The normalized spacial score (nSPS) is 17.2. The molecule has 2 rings (SSSR count). The van der Waals surface area contributed by atoms with E-state index in [0.29, 0.717) is 6.54 Å². The van der Waals surface area contributed by atoms with E-state index in [4.69, 9.17) is 4.74 Å². The summed E-state index contributed by atoms with van der Waals surface area (Å²) in [5.74, 6) is 1.06. The van der Waals surface area contributed by atoms with E-state index in [9.17, 15) is 4.79 Å². The first kappa shape index (κ1) is 16.0. The van der Waals surface area contributed by atoms with Crippen molar-refractivity contribution < 1.29 is 9.53 Å². The van der Waals surface area contributed by atoms with Gasteiger partial charge in [0.05, 0.1) is 12.6 Å². The molecule has 1 heterocycles. The minimum atomic E-state index is 0.149. The molecular weight excluding hydrogens is 264 g/mol. The van der Waals surface area contributed by atoms with Gasteiger partial charge >= 0.3 is 0 Å². The molecule has 1 aliphatic rings. The maximum absolute atomic E-state index is 12.4. The number of piperazine rings is 1. The molecule has 1 aromatic rings. The van der Waals surface area contributed by atoms with Crippen molar-refractivity contribution in [3.05, 3.63) is 29.3 Å². The number of likely N-dealkylation sites (N-methyl/N-ethyl adjacent to an activating group) is 1. The Kier molecular flexibility index (Phi) is 5.37. The number of rotatable bonds is 5. The summed E-state index contributed by atoms with van der Waals surface area (Å²) >= 11 is 0.